The van der Waals surface area contributed by atoms with Crippen LogP contribution in [0.1, 0.15) is 22.8 Å². The van der Waals surface area contributed by atoms with Gasteiger partial charge in [0.1, 0.15) is 11.9 Å². The van der Waals surface area contributed by atoms with Gasteiger partial charge in [0.05, 0.1) is 5.69 Å². The number of aromatic nitrogens is 6. The zero-order chi connectivity index (χ0) is 19.5. The van der Waals surface area contributed by atoms with Gasteiger partial charge in [0.2, 0.25) is 0 Å². The van der Waals surface area contributed by atoms with E-state index in [1.807, 2.05) is 19.1 Å². The second kappa shape index (κ2) is 7.39. The van der Waals surface area contributed by atoms with Crippen LogP contribution in [0.2, 0.25) is 0 Å². The lowest BCUT2D eigenvalue weighted by molar-refractivity contribution is 0.0755. The zero-order valence-electron chi connectivity index (χ0n) is 15.2. The molecule has 9 heteroatoms. The van der Waals surface area contributed by atoms with Gasteiger partial charge < -0.3 is 10.6 Å². The van der Waals surface area contributed by atoms with Crippen molar-refractivity contribution in [3.05, 3.63) is 66.6 Å². The van der Waals surface area contributed by atoms with Crippen LogP contribution in [0.4, 0.5) is 5.82 Å². The maximum Gasteiger partial charge on any atom is 0.261 e. The van der Waals surface area contributed by atoms with Gasteiger partial charge in [0.15, 0.2) is 11.5 Å². The van der Waals surface area contributed by atoms with E-state index in [9.17, 15) is 4.79 Å². The lowest BCUT2D eigenvalue weighted by Crippen LogP contribution is -2.30. The summed E-state index contributed by atoms with van der Waals surface area (Å²) in [5.41, 5.74) is 9.22. The van der Waals surface area contributed by atoms with Gasteiger partial charge in [0, 0.05) is 49.6 Å². The van der Waals surface area contributed by atoms with E-state index >= 15 is 0 Å². The summed E-state index contributed by atoms with van der Waals surface area (Å²) in [7, 11) is 0. The fourth-order valence-electron chi connectivity index (χ4n) is 2.94. The van der Waals surface area contributed by atoms with E-state index < -0.39 is 0 Å². The monoisotopic (exact) mass is 374 g/mol. The Morgan fingerprint density at radius 3 is 2.64 bits per heavy atom. The van der Waals surface area contributed by atoms with Crippen molar-refractivity contribution < 1.29 is 4.79 Å². The number of anilines is 1. The number of nitrogens with two attached hydrogens (primary N) is 1. The molecule has 0 spiro atoms. The van der Waals surface area contributed by atoms with Gasteiger partial charge in [-0.2, -0.15) is 0 Å². The van der Waals surface area contributed by atoms with Gasteiger partial charge in [-0.25, -0.2) is 19.5 Å². The molecule has 140 valence electrons. The zero-order valence-corrected chi connectivity index (χ0v) is 15.2. The van der Waals surface area contributed by atoms with Crippen LogP contribution in [0, 0.1) is 0 Å². The summed E-state index contributed by atoms with van der Waals surface area (Å²) in [4.78, 5) is 31.4. The number of amides is 1. The summed E-state index contributed by atoms with van der Waals surface area (Å²) in [5, 5.41) is 4.28. The summed E-state index contributed by atoms with van der Waals surface area (Å²) in [6.07, 6.45) is 9.91. The highest BCUT2D eigenvalue weighted by Gasteiger charge is 2.24. The van der Waals surface area contributed by atoms with Crippen molar-refractivity contribution in [2.45, 2.75) is 13.5 Å². The third-order valence-electron chi connectivity index (χ3n) is 4.38. The first-order chi connectivity index (χ1) is 13.7. The summed E-state index contributed by atoms with van der Waals surface area (Å²) in [5.74, 6) is -0.0698. The number of hydrogen-bond donors (Lipinski definition) is 1. The molecule has 4 rings (SSSR count). The van der Waals surface area contributed by atoms with Gasteiger partial charge in [-0.1, -0.05) is 0 Å². The van der Waals surface area contributed by atoms with Crippen LogP contribution in [-0.2, 0) is 6.54 Å². The molecular formula is C19H18N8O. The van der Waals surface area contributed by atoms with Crippen LogP contribution < -0.4 is 5.73 Å². The Bertz CT molecular complexity index is 1110. The van der Waals surface area contributed by atoms with Crippen molar-refractivity contribution in [2.75, 3.05) is 12.3 Å². The van der Waals surface area contributed by atoms with Crippen molar-refractivity contribution in [1.29, 1.82) is 0 Å². The van der Waals surface area contributed by atoms with E-state index in [1.54, 1.807) is 42.0 Å². The number of pyridine rings is 1. The second-order valence-electron chi connectivity index (χ2n) is 6.14. The SMILES string of the molecule is CCN(Cc1ccncc1)C(=O)c1c(N)nn2cc(-c3ccncn3)cnc12. The Morgan fingerprint density at radius 1 is 1.14 bits per heavy atom. The van der Waals surface area contributed by atoms with E-state index in [-0.39, 0.29) is 11.7 Å². The number of fused-ring (bicyclic) bond motifs is 1. The molecule has 4 aromatic heterocycles. The minimum absolute atomic E-state index is 0.144. The number of rotatable bonds is 5. The Kier molecular flexibility index (Phi) is 4.63. The van der Waals surface area contributed by atoms with Gasteiger partial charge >= 0.3 is 0 Å². The maximum atomic E-state index is 13.1. The van der Waals surface area contributed by atoms with Crippen LogP contribution in [0.5, 0.6) is 0 Å². The molecule has 0 aliphatic carbocycles. The number of nitrogens with zero attached hydrogens (tertiary/aromatic N) is 7. The van der Waals surface area contributed by atoms with E-state index in [1.165, 1.54) is 10.8 Å². The molecule has 0 bridgehead atoms. The predicted octanol–water partition coefficient (Wildman–Crippen LogP) is 1.83. The summed E-state index contributed by atoms with van der Waals surface area (Å²) in [6, 6.07) is 5.53. The lowest BCUT2D eigenvalue weighted by atomic mass is 10.2. The fourth-order valence-corrected chi connectivity index (χ4v) is 2.94. The van der Waals surface area contributed by atoms with Crippen molar-refractivity contribution in [1.82, 2.24) is 34.4 Å². The lowest BCUT2D eigenvalue weighted by Gasteiger charge is -2.20. The molecule has 0 fully saturated rings. The minimum atomic E-state index is -0.214. The standard InChI is InChI=1S/C19H18N8O/c1-2-26(10-13-3-6-21-7-4-13)19(28)16-17(20)25-27-11-14(9-23-18(16)27)15-5-8-22-12-24-15/h3-9,11-12H,2,10H2,1H3,(H2,20,25). The summed E-state index contributed by atoms with van der Waals surface area (Å²) < 4.78 is 1.51. The van der Waals surface area contributed by atoms with Crippen LogP contribution in [0.25, 0.3) is 16.9 Å². The number of nitrogen functional groups attached to an aromatic ring is 1. The topological polar surface area (TPSA) is 115 Å². The van der Waals surface area contributed by atoms with Crippen LogP contribution in [0.15, 0.2) is 55.5 Å². The van der Waals surface area contributed by atoms with Crippen molar-refractivity contribution in [3.63, 3.8) is 0 Å². The molecule has 0 aromatic carbocycles. The molecule has 4 aromatic rings. The Hall–Kier alpha value is -3.88. The average molecular weight is 374 g/mol. The average Bonchev–Trinajstić information content (AvgIpc) is 3.07. The molecule has 0 saturated carbocycles. The third kappa shape index (κ3) is 3.25. The highest BCUT2D eigenvalue weighted by molar-refractivity contribution is 6.04. The normalized spacial score (nSPS) is 10.9. The largest absolute Gasteiger partial charge is 0.381 e. The van der Waals surface area contributed by atoms with E-state index in [2.05, 4.69) is 25.0 Å². The van der Waals surface area contributed by atoms with E-state index in [0.717, 1.165) is 11.1 Å². The van der Waals surface area contributed by atoms with Crippen molar-refractivity contribution >= 4 is 17.4 Å². The first-order valence-corrected chi connectivity index (χ1v) is 8.75. The quantitative estimate of drug-likeness (QED) is 0.566. The molecular weight excluding hydrogens is 356 g/mol. The van der Waals surface area contributed by atoms with Crippen molar-refractivity contribution in [3.8, 4) is 11.3 Å². The number of carbonyl (C=O) groups excluding carboxylic acids is 1. The Balaban J connectivity index is 1.69. The molecule has 4 heterocycles. The van der Waals surface area contributed by atoms with E-state index in [4.69, 9.17) is 5.73 Å². The Labute approximate surface area is 160 Å². The molecule has 0 aliphatic heterocycles. The van der Waals surface area contributed by atoms with Gasteiger partial charge in [-0.15, -0.1) is 5.10 Å². The van der Waals surface area contributed by atoms with Crippen LogP contribution in [-0.4, -0.2) is 46.9 Å². The van der Waals surface area contributed by atoms with E-state index in [0.29, 0.717) is 30.0 Å². The molecule has 0 aliphatic rings. The summed E-state index contributed by atoms with van der Waals surface area (Å²) in [6.45, 7) is 2.90. The fraction of sp³-hybridized carbons (Fsp3) is 0.158. The van der Waals surface area contributed by atoms with Crippen LogP contribution in [0.3, 0.4) is 0 Å². The highest BCUT2D eigenvalue weighted by Crippen LogP contribution is 2.22. The molecule has 9 nitrogen and oxygen atoms in total. The minimum Gasteiger partial charge on any atom is -0.381 e. The molecule has 0 saturated heterocycles. The first kappa shape index (κ1) is 17.5. The molecule has 28 heavy (non-hydrogen) atoms. The third-order valence-corrected chi connectivity index (χ3v) is 4.38. The van der Waals surface area contributed by atoms with Crippen molar-refractivity contribution in [2.24, 2.45) is 0 Å². The Morgan fingerprint density at radius 2 is 1.93 bits per heavy atom. The molecule has 0 atom stereocenters. The maximum absolute atomic E-state index is 13.1. The molecule has 1 amide bonds. The van der Waals surface area contributed by atoms with Gasteiger partial charge in [-0.05, 0) is 30.7 Å². The number of hydrogen-bond acceptors (Lipinski definition) is 7. The van der Waals surface area contributed by atoms with Crippen LogP contribution >= 0.6 is 0 Å². The van der Waals surface area contributed by atoms with Gasteiger partial charge in [0.25, 0.3) is 5.91 Å². The number of carbonyl (C=O) groups is 1. The summed E-state index contributed by atoms with van der Waals surface area (Å²) >= 11 is 0. The smallest absolute Gasteiger partial charge is 0.261 e. The predicted molar refractivity (Wildman–Crippen MR) is 103 cm³/mol. The second-order valence-corrected chi connectivity index (χ2v) is 6.14. The molecule has 0 unspecified atom stereocenters. The molecule has 0 radical (unpaired) electrons. The van der Waals surface area contributed by atoms with Gasteiger partial charge in [-0.3, -0.25) is 9.78 Å². The first-order valence-electron chi connectivity index (χ1n) is 8.75. The molecule has 2 N–H and O–H groups in total. The highest BCUT2D eigenvalue weighted by atomic mass is 16.2.